The Labute approximate surface area is 97.6 Å². The molecule has 1 unspecified atom stereocenters. The molecule has 0 bridgehead atoms. The Hall–Kier alpha value is -0.170. The first-order chi connectivity index (χ1) is 7.48. The zero-order chi connectivity index (χ0) is 11.8. The Morgan fingerprint density at radius 1 is 1.38 bits per heavy atom. The van der Waals surface area contributed by atoms with Crippen LogP contribution in [0, 0.1) is 5.92 Å². The molecule has 3 N–H and O–H groups in total. The van der Waals surface area contributed by atoms with Crippen LogP contribution in [-0.4, -0.2) is 37.9 Å². The van der Waals surface area contributed by atoms with E-state index in [9.17, 15) is 8.42 Å². The monoisotopic (exact) mass is 247 g/mol. The minimum atomic E-state index is -3.33. The van der Waals surface area contributed by atoms with E-state index < -0.39 is 15.7 Å². The average Bonchev–Trinajstić information content (AvgIpc) is 2.93. The molecule has 2 rings (SSSR count). The molecule has 0 aromatic heterocycles. The zero-order valence-electron chi connectivity index (χ0n) is 9.78. The van der Waals surface area contributed by atoms with Crippen LogP contribution in [0.4, 0.5) is 0 Å². The molecule has 1 saturated heterocycles. The van der Waals surface area contributed by atoms with Crippen LogP contribution in [0.3, 0.4) is 0 Å². The molecule has 0 aromatic rings. The summed E-state index contributed by atoms with van der Waals surface area (Å²) in [5, 5.41) is 0. The summed E-state index contributed by atoms with van der Waals surface area (Å²) in [6.07, 6.45) is 4.08. The van der Waals surface area contributed by atoms with Gasteiger partial charge < -0.3 is 5.73 Å². The number of nitrogens with zero attached hydrogens (tertiary/aromatic N) is 1. The van der Waals surface area contributed by atoms with E-state index in [1.165, 1.54) is 4.31 Å². The molecule has 1 heterocycles. The molecule has 0 radical (unpaired) electrons. The number of rotatable bonds is 5. The van der Waals surface area contributed by atoms with Gasteiger partial charge in [-0.1, -0.05) is 0 Å². The first-order valence-electron chi connectivity index (χ1n) is 5.97. The summed E-state index contributed by atoms with van der Waals surface area (Å²) < 4.78 is 28.5. The van der Waals surface area contributed by atoms with E-state index >= 15 is 0 Å². The van der Waals surface area contributed by atoms with Crippen LogP contribution in [0.5, 0.6) is 0 Å². The van der Waals surface area contributed by atoms with E-state index in [-0.39, 0.29) is 0 Å². The minimum Gasteiger partial charge on any atom is -0.329 e. The summed E-state index contributed by atoms with van der Waals surface area (Å²) in [4.78, 5) is 0. The SMILES string of the molecule is CC(CN)(NS(=O)(=O)N1CCCC1)C1CC1. The fourth-order valence-corrected chi connectivity index (χ4v) is 4.01. The second kappa shape index (κ2) is 4.25. The molecule has 0 spiro atoms. The van der Waals surface area contributed by atoms with Crippen molar-refractivity contribution in [3.8, 4) is 0 Å². The van der Waals surface area contributed by atoms with E-state index in [0.29, 0.717) is 25.6 Å². The Kier molecular flexibility index (Phi) is 3.27. The molecule has 1 saturated carbocycles. The second-order valence-electron chi connectivity index (χ2n) is 5.11. The molecule has 2 fully saturated rings. The van der Waals surface area contributed by atoms with Crippen molar-refractivity contribution >= 4 is 10.2 Å². The van der Waals surface area contributed by atoms with Gasteiger partial charge in [0.15, 0.2) is 0 Å². The topological polar surface area (TPSA) is 75.4 Å². The molecule has 2 aliphatic rings. The molecule has 94 valence electrons. The van der Waals surface area contributed by atoms with Gasteiger partial charge in [-0.05, 0) is 38.5 Å². The first kappa shape index (κ1) is 12.3. The van der Waals surface area contributed by atoms with Crippen LogP contribution in [0.1, 0.15) is 32.6 Å². The van der Waals surface area contributed by atoms with E-state index in [1.54, 1.807) is 0 Å². The van der Waals surface area contributed by atoms with Gasteiger partial charge >= 0.3 is 0 Å². The molecule has 0 amide bonds. The van der Waals surface area contributed by atoms with Crippen molar-refractivity contribution in [1.82, 2.24) is 9.03 Å². The highest BCUT2D eigenvalue weighted by Gasteiger charge is 2.44. The van der Waals surface area contributed by atoms with Crippen LogP contribution in [-0.2, 0) is 10.2 Å². The smallest absolute Gasteiger partial charge is 0.279 e. The van der Waals surface area contributed by atoms with Crippen molar-refractivity contribution in [2.45, 2.75) is 38.1 Å². The van der Waals surface area contributed by atoms with Crippen LogP contribution >= 0.6 is 0 Å². The molecular weight excluding hydrogens is 226 g/mol. The first-order valence-corrected chi connectivity index (χ1v) is 7.41. The van der Waals surface area contributed by atoms with Gasteiger partial charge in [0.25, 0.3) is 10.2 Å². The maximum atomic E-state index is 12.1. The van der Waals surface area contributed by atoms with Crippen molar-refractivity contribution in [3.63, 3.8) is 0 Å². The maximum absolute atomic E-state index is 12.1. The van der Waals surface area contributed by atoms with Gasteiger partial charge in [-0.3, -0.25) is 0 Å². The van der Waals surface area contributed by atoms with E-state index in [4.69, 9.17) is 5.73 Å². The number of nitrogens with one attached hydrogen (secondary N) is 1. The van der Waals surface area contributed by atoms with Crippen molar-refractivity contribution in [2.75, 3.05) is 19.6 Å². The number of hydrogen-bond acceptors (Lipinski definition) is 3. The van der Waals surface area contributed by atoms with Gasteiger partial charge in [0.05, 0.1) is 0 Å². The molecule has 0 aromatic carbocycles. The Morgan fingerprint density at radius 3 is 2.38 bits per heavy atom. The fraction of sp³-hybridized carbons (Fsp3) is 1.00. The van der Waals surface area contributed by atoms with E-state index in [1.807, 2.05) is 6.92 Å². The van der Waals surface area contributed by atoms with Crippen LogP contribution in [0.15, 0.2) is 0 Å². The Morgan fingerprint density at radius 2 is 1.94 bits per heavy atom. The normalized spacial score (nSPS) is 26.9. The lowest BCUT2D eigenvalue weighted by Gasteiger charge is -2.31. The summed E-state index contributed by atoms with van der Waals surface area (Å²) >= 11 is 0. The van der Waals surface area contributed by atoms with Crippen molar-refractivity contribution in [1.29, 1.82) is 0 Å². The third kappa shape index (κ3) is 2.40. The molecule has 16 heavy (non-hydrogen) atoms. The van der Waals surface area contributed by atoms with Crippen LogP contribution < -0.4 is 10.5 Å². The molecule has 1 atom stereocenters. The predicted molar refractivity (Wildman–Crippen MR) is 63.0 cm³/mol. The lowest BCUT2D eigenvalue weighted by Crippen LogP contribution is -2.56. The largest absolute Gasteiger partial charge is 0.329 e. The Balaban J connectivity index is 2.06. The third-order valence-electron chi connectivity index (χ3n) is 3.67. The zero-order valence-corrected chi connectivity index (χ0v) is 10.6. The van der Waals surface area contributed by atoms with Crippen molar-refractivity contribution in [2.24, 2.45) is 11.7 Å². The molecule has 5 nitrogen and oxygen atoms in total. The van der Waals surface area contributed by atoms with Gasteiger partial charge in [0.1, 0.15) is 0 Å². The number of nitrogens with two attached hydrogens (primary N) is 1. The highest BCUT2D eigenvalue weighted by atomic mass is 32.2. The minimum absolute atomic E-state index is 0.366. The van der Waals surface area contributed by atoms with Crippen LogP contribution in [0.2, 0.25) is 0 Å². The van der Waals surface area contributed by atoms with Crippen molar-refractivity contribution in [3.05, 3.63) is 0 Å². The quantitative estimate of drug-likeness (QED) is 0.720. The molecule has 1 aliphatic heterocycles. The summed E-state index contributed by atoms with van der Waals surface area (Å²) in [6, 6.07) is 0. The van der Waals surface area contributed by atoms with Gasteiger partial charge in [-0.15, -0.1) is 0 Å². The fourth-order valence-electron chi connectivity index (χ4n) is 2.30. The van der Waals surface area contributed by atoms with E-state index in [0.717, 1.165) is 25.7 Å². The second-order valence-corrected chi connectivity index (χ2v) is 6.78. The highest BCUT2D eigenvalue weighted by Crippen LogP contribution is 2.39. The average molecular weight is 247 g/mol. The molecule has 1 aliphatic carbocycles. The predicted octanol–water partition coefficient (Wildman–Crippen LogP) is 0.0440. The van der Waals surface area contributed by atoms with Gasteiger partial charge in [-0.2, -0.15) is 17.4 Å². The summed E-state index contributed by atoms with van der Waals surface area (Å²) in [5.41, 5.74) is 5.25. The highest BCUT2D eigenvalue weighted by molar-refractivity contribution is 7.87. The Bertz CT molecular complexity index is 347. The van der Waals surface area contributed by atoms with Crippen LogP contribution in [0.25, 0.3) is 0 Å². The van der Waals surface area contributed by atoms with E-state index in [2.05, 4.69) is 4.72 Å². The molecule has 6 heteroatoms. The van der Waals surface area contributed by atoms with Gasteiger partial charge in [0, 0.05) is 25.2 Å². The van der Waals surface area contributed by atoms with Gasteiger partial charge in [-0.25, -0.2) is 0 Å². The standard InChI is InChI=1S/C10H21N3O2S/c1-10(8-11,9-4-5-9)12-16(14,15)13-6-2-3-7-13/h9,12H,2-8,11H2,1H3. The summed E-state index contributed by atoms with van der Waals surface area (Å²) in [7, 11) is -3.33. The number of hydrogen-bond donors (Lipinski definition) is 2. The third-order valence-corrected chi connectivity index (χ3v) is 5.44. The maximum Gasteiger partial charge on any atom is 0.279 e. The molecular formula is C10H21N3O2S. The van der Waals surface area contributed by atoms with Crippen molar-refractivity contribution < 1.29 is 8.42 Å². The summed E-state index contributed by atoms with van der Waals surface area (Å²) in [6.45, 7) is 3.56. The summed E-state index contributed by atoms with van der Waals surface area (Å²) in [5.74, 6) is 0.412. The lowest BCUT2D eigenvalue weighted by atomic mass is 9.98. The lowest BCUT2D eigenvalue weighted by molar-refractivity contribution is 0.355. The van der Waals surface area contributed by atoms with Gasteiger partial charge in [0.2, 0.25) is 0 Å².